The van der Waals surface area contributed by atoms with Crippen molar-refractivity contribution in [2.75, 3.05) is 25.4 Å². The first-order valence-corrected chi connectivity index (χ1v) is 9.33. The molecule has 118 valence electrons. The van der Waals surface area contributed by atoms with Crippen LogP contribution in [0.4, 0.5) is 0 Å². The molecule has 2 N–H and O–H groups in total. The maximum Gasteiger partial charge on any atom is 0.0116 e. The first-order chi connectivity index (χ1) is 9.22. The summed E-state index contributed by atoms with van der Waals surface area (Å²) in [6.45, 7) is 15.8. The van der Waals surface area contributed by atoms with Crippen LogP contribution in [0.15, 0.2) is 0 Å². The third-order valence-electron chi connectivity index (χ3n) is 6.13. The van der Waals surface area contributed by atoms with Crippen LogP contribution < -0.4 is 5.73 Å². The van der Waals surface area contributed by atoms with Crippen molar-refractivity contribution in [3.63, 3.8) is 0 Å². The van der Waals surface area contributed by atoms with E-state index in [1.165, 1.54) is 44.6 Å². The monoisotopic (exact) mass is 298 g/mol. The molecule has 0 radical (unpaired) electrons. The van der Waals surface area contributed by atoms with E-state index in [9.17, 15) is 0 Å². The number of hydrogen-bond donors (Lipinski definition) is 1. The van der Waals surface area contributed by atoms with Crippen LogP contribution >= 0.6 is 11.8 Å². The molecule has 0 amide bonds. The Morgan fingerprint density at radius 1 is 1.15 bits per heavy atom. The average Bonchev–Trinajstić information content (AvgIpc) is 2.52. The van der Waals surface area contributed by atoms with Crippen molar-refractivity contribution >= 4 is 11.8 Å². The van der Waals surface area contributed by atoms with Crippen LogP contribution in [0.1, 0.15) is 53.9 Å². The first kappa shape index (κ1) is 16.6. The summed E-state index contributed by atoms with van der Waals surface area (Å²) >= 11 is 2.15. The van der Waals surface area contributed by atoms with Crippen LogP contribution in [-0.4, -0.2) is 41.1 Å². The lowest BCUT2D eigenvalue weighted by Gasteiger charge is -2.48. The molecule has 0 aromatic carbocycles. The van der Waals surface area contributed by atoms with Crippen molar-refractivity contribution in [1.82, 2.24) is 4.90 Å². The highest BCUT2D eigenvalue weighted by Crippen LogP contribution is 2.45. The summed E-state index contributed by atoms with van der Waals surface area (Å²) < 4.78 is 0.465. The highest BCUT2D eigenvalue weighted by molar-refractivity contribution is 8.00. The second-order valence-electron chi connectivity index (χ2n) is 8.21. The van der Waals surface area contributed by atoms with Crippen LogP contribution in [0.2, 0.25) is 0 Å². The molecule has 1 saturated heterocycles. The minimum Gasteiger partial charge on any atom is -0.327 e. The Morgan fingerprint density at radius 2 is 1.85 bits per heavy atom. The van der Waals surface area contributed by atoms with Crippen molar-refractivity contribution in [3.05, 3.63) is 0 Å². The van der Waals surface area contributed by atoms with E-state index < -0.39 is 0 Å². The molecule has 0 aromatic heterocycles. The van der Waals surface area contributed by atoms with Gasteiger partial charge in [-0.1, -0.05) is 34.6 Å². The van der Waals surface area contributed by atoms with E-state index in [2.05, 4.69) is 51.3 Å². The number of nitrogens with zero attached hydrogens (tertiary/aromatic N) is 1. The Kier molecular flexibility index (Phi) is 5.14. The van der Waals surface area contributed by atoms with Gasteiger partial charge < -0.3 is 10.6 Å². The van der Waals surface area contributed by atoms with Gasteiger partial charge in [0, 0.05) is 29.6 Å². The highest BCUT2D eigenvalue weighted by atomic mass is 32.2. The number of nitrogens with two attached hydrogens (primary N) is 1. The van der Waals surface area contributed by atoms with Gasteiger partial charge in [0.2, 0.25) is 0 Å². The number of hydrogen-bond acceptors (Lipinski definition) is 3. The maximum absolute atomic E-state index is 6.29. The van der Waals surface area contributed by atoms with E-state index in [4.69, 9.17) is 5.73 Å². The van der Waals surface area contributed by atoms with Gasteiger partial charge in [0.15, 0.2) is 0 Å². The molecule has 0 bridgehead atoms. The Bertz CT molecular complexity index is 327. The highest BCUT2D eigenvalue weighted by Gasteiger charge is 2.42. The lowest BCUT2D eigenvalue weighted by atomic mass is 9.61. The van der Waals surface area contributed by atoms with Gasteiger partial charge in [-0.2, -0.15) is 11.8 Å². The van der Waals surface area contributed by atoms with Gasteiger partial charge in [-0.15, -0.1) is 0 Å². The van der Waals surface area contributed by atoms with Gasteiger partial charge in [0.25, 0.3) is 0 Å². The van der Waals surface area contributed by atoms with Gasteiger partial charge in [-0.05, 0) is 43.1 Å². The normalized spacial score (nSPS) is 38.4. The van der Waals surface area contributed by atoms with E-state index in [1.54, 1.807) is 0 Å². The minimum atomic E-state index is 0.382. The second kappa shape index (κ2) is 6.18. The van der Waals surface area contributed by atoms with Crippen molar-refractivity contribution in [2.24, 2.45) is 23.0 Å². The SMILES string of the molecule is CC1C(N)CCC(CN2CCSC(C)(C)CC2)C1(C)C. The van der Waals surface area contributed by atoms with Gasteiger partial charge in [0.1, 0.15) is 0 Å². The van der Waals surface area contributed by atoms with Gasteiger partial charge in [-0.25, -0.2) is 0 Å². The molecule has 2 fully saturated rings. The summed E-state index contributed by atoms with van der Waals surface area (Å²) in [6.07, 6.45) is 3.84. The Hall–Kier alpha value is 0.270. The molecule has 20 heavy (non-hydrogen) atoms. The van der Waals surface area contributed by atoms with E-state index in [0.717, 1.165) is 5.92 Å². The van der Waals surface area contributed by atoms with Crippen LogP contribution in [0, 0.1) is 17.3 Å². The summed E-state index contributed by atoms with van der Waals surface area (Å²) in [6, 6.07) is 0.403. The Balaban J connectivity index is 1.95. The minimum absolute atomic E-state index is 0.382. The molecular formula is C17H34N2S. The summed E-state index contributed by atoms with van der Waals surface area (Å²) in [5, 5.41) is 0. The summed E-state index contributed by atoms with van der Waals surface area (Å²) in [4.78, 5) is 2.72. The van der Waals surface area contributed by atoms with Crippen molar-refractivity contribution in [1.29, 1.82) is 0 Å². The number of rotatable bonds is 2. The lowest BCUT2D eigenvalue weighted by Crippen LogP contribution is -2.50. The van der Waals surface area contributed by atoms with Crippen LogP contribution in [0.25, 0.3) is 0 Å². The zero-order chi connectivity index (χ0) is 15.0. The third-order valence-corrected chi connectivity index (χ3v) is 7.50. The molecule has 3 heteroatoms. The molecule has 0 spiro atoms. The Morgan fingerprint density at radius 3 is 2.55 bits per heavy atom. The molecule has 3 atom stereocenters. The molecule has 1 aliphatic carbocycles. The zero-order valence-electron chi connectivity index (χ0n) is 14.1. The quantitative estimate of drug-likeness (QED) is 0.844. The van der Waals surface area contributed by atoms with E-state index in [0.29, 0.717) is 22.1 Å². The molecule has 1 heterocycles. The van der Waals surface area contributed by atoms with Crippen LogP contribution in [0.3, 0.4) is 0 Å². The van der Waals surface area contributed by atoms with Crippen molar-refractivity contribution in [2.45, 2.75) is 64.7 Å². The fourth-order valence-electron chi connectivity index (χ4n) is 3.82. The van der Waals surface area contributed by atoms with Crippen molar-refractivity contribution < 1.29 is 0 Å². The topological polar surface area (TPSA) is 29.3 Å². The Labute approximate surface area is 130 Å². The lowest BCUT2D eigenvalue weighted by molar-refractivity contribution is 0.0297. The molecule has 0 aromatic rings. The van der Waals surface area contributed by atoms with Gasteiger partial charge in [0.05, 0.1) is 0 Å². The predicted molar refractivity (Wildman–Crippen MR) is 91.2 cm³/mol. The predicted octanol–water partition coefficient (Wildman–Crippen LogP) is 3.60. The van der Waals surface area contributed by atoms with E-state index in [-0.39, 0.29) is 0 Å². The maximum atomic E-state index is 6.29. The molecular weight excluding hydrogens is 264 g/mol. The molecule has 2 aliphatic rings. The molecule has 1 saturated carbocycles. The average molecular weight is 299 g/mol. The standard InChI is InChI=1S/C17H34N2S/c1-13-15(18)7-6-14(17(13,4)5)12-19-9-8-16(2,3)20-11-10-19/h13-15H,6-12,18H2,1-5H3. The van der Waals surface area contributed by atoms with Crippen LogP contribution in [0.5, 0.6) is 0 Å². The first-order valence-electron chi connectivity index (χ1n) is 8.34. The molecule has 1 aliphatic heterocycles. The van der Waals surface area contributed by atoms with Gasteiger partial charge >= 0.3 is 0 Å². The van der Waals surface area contributed by atoms with Crippen LogP contribution in [-0.2, 0) is 0 Å². The molecule has 2 rings (SSSR count). The van der Waals surface area contributed by atoms with Gasteiger partial charge in [-0.3, -0.25) is 0 Å². The van der Waals surface area contributed by atoms with E-state index in [1.807, 2.05) is 0 Å². The molecule has 2 nitrogen and oxygen atoms in total. The summed E-state index contributed by atoms with van der Waals surface area (Å²) in [5.41, 5.74) is 6.67. The fourth-order valence-corrected chi connectivity index (χ4v) is 4.96. The third kappa shape index (κ3) is 3.72. The van der Waals surface area contributed by atoms with E-state index >= 15 is 0 Å². The smallest absolute Gasteiger partial charge is 0.0116 e. The fraction of sp³-hybridized carbons (Fsp3) is 1.00. The van der Waals surface area contributed by atoms with Crippen molar-refractivity contribution in [3.8, 4) is 0 Å². The summed E-state index contributed by atoms with van der Waals surface area (Å²) in [5.74, 6) is 2.73. The molecule has 3 unspecified atom stereocenters. The second-order valence-corrected chi connectivity index (χ2v) is 10.0. The zero-order valence-corrected chi connectivity index (χ0v) is 14.9. The summed E-state index contributed by atoms with van der Waals surface area (Å²) in [7, 11) is 0. The largest absolute Gasteiger partial charge is 0.327 e. The number of thioether (sulfide) groups is 1.